The first kappa shape index (κ1) is 23.1. The maximum atomic E-state index is 12.4. The van der Waals surface area contributed by atoms with Crippen molar-refractivity contribution < 1.29 is 14.3 Å². The third-order valence-corrected chi connectivity index (χ3v) is 4.79. The van der Waals surface area contributed by atoms with Crippen molar-refractivity contribution >= 4 is 11.8 Å². The molecule has 2 rings (SSSR count). The van der Waals surface area contributed by atoms with E-state index in [-0.39, 0.29) is 12.2 Å². The number of carbonyl (C=O) groups is 1. The third kappa shape index (κ3) is 7.64. The molecule has 1 aromatic rings. The Morgan fingerprint density at radius 2 is 1.76 bits per heavy atom. The van der Waals surface area contributed by atoms with Gasteiger partial charge in [-0.15, -0.1) is 0 Å². The van der Waals surface area contributed by atoms with Gasteiger partial charge in [0, 0.05) is 31.4 Å². The second-order valence-electron chi connectivity index (χ2n) is 9.29. The zero-order valence-electron chi connectivity index (χ0n) is 19.2. The number of rotatable bonds is 6. The molecule has 1 heterocycles. The van der Waals surface area contributed by atoms with Crippen LogP contribution in [-0.2, 0) is 4.74 Å². The van der Waals surface area contributed by atoms with E-state index >= 15 is 0 Å². The minimum absolute atomic E-state index is 0.166. The number of amides is 1. The summed E-state index contributed by atoms with van der Waals surface area (Å²) in [7, 11) is 0. The molecule has 162 valence electrons. The van der Waals surface area contributed by atoms with Crippen LogP contribution in [0.15, 0.2) is 35.9 Å². The molecule has 5 heteroatoms. The Labute approximate surface area is 176 Å². The van der Waals surface area contributed by atoms with Gasteiger partial charge < -0.3 is 19.3 Å². The largest absolute Gasteiger partial charge is 0.491 e. The number of anilines is 1. The van der Waals surface area contributed by atoms with Crippen LogP contribution in [0.2, 0.25) is 0 Å². The molecule has 5 nitrogen and oxygen atoms in total. The smallest absolute Gasteiger partial charge is 0.410 e. The van der Waals surface area contributed by atoms with E-state index in [0.29, 0.717) is 6.04 Å². The van der Waals surface area contributed by atoms with Gasteiger partial charge in [0.05, 0.1) is 6.10 Å². The van der Waals surface area contributed by atoms with E-state index in [2.05, 4.69) is 37.0 Å². The molecule has 1 aromatic carbocycles. The summed E-state index contributed by atoms with van der Waals surface area (Å²) < 4.78 is 11.3. The van der Waals surface area contributed by atoms with Crippen molar-refractivity contribution in [3.63, 3.8) is 0 Å². The quantitative estimate of drug-likeness (QED) is 0.577. The molecular weight excluding hydrogens is 364 g/mol. The van der Waals surface area contributed by atoms with Crippen molar-refractivity contribution in [2.24, 2.45) is 0 Å². The molecule has 1 fully saturated rings. The van der Waals surface area contributed by atoms with Gasteiger partial charge in [-0.3, -0.25) is 0 Å². The Kier molecular flexibility index (Phi) is 8.00. The van der Waals surface area contributed by atoms with Gasteiger partial charge in [-0.2, -0.15) is 0 Å². The van der Waals surface area contributed by atoms with Crippen molar-refractivity contribution in [3.05, 3.63) is 35.9 Å². The lowest BCUT2D eigenvalue weighted by Gasteiger charge is -2.39. The lowest BCUT2D eigenvalue weighted by molar-refractivity contribution is 0.0205. The van der Waals surface area contributed by atoms with Gasteiger partial charge in [0.2, 0.25) is 0 Å². The van der Waals surface area contributed by atoms with E-state index < -0.39 is 5.60 Å². The van der Waals surface area contributed by atoms with Crippen LogP contribution in [0.5, 0.6) is 5.75 Å². The third-order valence-electron chi connectivity index (χ3n) is 4.79. The van der Waals surface area contributed by atoms with Crippen LogP contribution in [0.4, 0.5) is 10.5 Å². The van der Waals surface area contributed by atoms with Crippen LogP contribution in [0, 0.1) is 0 Å². The van der Waals surface area contributed by atoms with Crippen molar-refractivity contribution in [1.29, 1.82) is 0 Å². The first-order chi connectivity index (χ1) is 13.5. The summed E-state index contributed by atoms with van der Waals surface area (Å²) in [5.74, 6) is 0.894. The molecule has 0 N–H and O–H groups in total. The molecular formula is C24H38N2O3. The molecule has 1 saturated heterocycles. The molecule has 1 aliphatic heterocycles. The molecule has 0 atom stereocenters. The Morgan fingerprint density at radius 3 is 2.24 bits per heavy atom. The Balaban J connectivity index is 2.07. The summed E-state index contributed by atoms with van der Waals surface area (Å²) in [6.07, 6.45) is 4.08. The van der Waals surface area contributed by atoms with E-state index in [1.54, 1.807) is 0 Å². The summed E-state index contributed by atoms with van der Waals surface area (Å²) in [5.41, 5.74) is 2.04. The van der Waals surface area contributed by atoms with Crippen molar-refractivity contribution in [2.75, 3.05) is 24.5 Å². The number of benzene rings is 1. The normalized spacial score (nSPS) is 15.2. The van der Waals surface area contributed by atoms with Gasteiger partial charge in [-0.05, 0) is 85.6 Å². The number of ether oxygens (including phenoxy) is 2. The highest BCUT2D eigenvalue weighted by molar-refractivity contribution is 5.68. The summed E-state index contributed by atoms with van der Waals surface area (Å²) in [6, 6.07) is 8.75. The van der Waals surface area contributed by atoms with Gasteiger partial charge in [-0.1, -0.05) is 11.6 Å². The minimum Gasteiger partial charge on any atom is -0.491 e. The van der Waals surface area contributed by atoms with Crippen molar-refractivity contribution in [1.82, 2.24) is 4.90 Å². The summed E-state index contributed by atoms with van der Waals surface area (Å²) >= 11 is 0. The maximum absolute atomic E-state index is 12.4. The number of nitrogens with zero attached hydrogens (tertiary/aromatic N) is 2. The van der Waals surface area contributed by atoms with E-state index in [0.717, 1.165) is 38.2 Å². The summed E-state index contributed by atoms with van der Waals surface area (Å²) in [4.78, 5) is 16.6. The average molecular weight is 403 g/mol. The van der Waals surface area contributed by atoms with Crippen LogP contribution in [-0.4, -0.2) is 48.4 Å². The number of hydrogen-bond donors (Lipinski definition) is 0. The van der Waals surface area contributed by atoms with Crippen LogP contribution in [0.25, 0.3) is 0 Å². The Morgan fingerprint density at radius 1 is 1.17 bits per heavy atom. The standard InChI is InChI=1S/C24H38N2O3/c1-18(2)12-17-26(20-8-10-22(11-9-20)28-19(3)4)21-13-15-25(16-14-21)23(27)29-24(5,6)7/h8-12,19,21H,13-17H2,1-7H3. The molecule has 29 heavy (non-hydrogen) atoms. The van der Waals surface area contributed by atoms with E-state index in [9.17, 15) is 4.79 Å². The molecule has 0 bridgehead atoms. The van der Waals surface area contributed by atoms with Crippen LogP contribution < -0.4 is 9.64 Å². The summed E-state index contributed by atoms with van der Waals surface area (Å²) in [6.45, 7) is 16.4. The number of allylic oxidation sites excluding steroid dienone is 1. The molecule has 1 aliphatic rings. The predicted molar refractivity (Wildman–Crippen MR) is 120 cm³/mol. The molecule has 0 spiro atoms. The average Bonchev–Trinajstić information content (AvgIpc) is 2.61. The van der Waals surface area contributed by atoms with Crippen LogP contribution >= 0.6 is 0 Å². The van der Waals surface area contributed by atoms with Gasteiger partial charge in [-0.25, -0.2) is 4.79 Å². The topological polar surface area (TPSA) is 42.0 Å². The molecule has 0 radical (unpaired) electrons. The number of likely N-dealkylation sites (tertiary alicyclic amines) is 1. The van der Waals surface area contributed by atoms with Gasteiger partial charge in [0.25, 0.3) is 0 Å². The van der Waals surface area contributed by atoms with Gasteiger partial charge in [0.15, 0.2) is 0 Å². The second-order valence-corrected chi connectivity index (χ2v) is 9.29. The zero-order chi connectivity index (χ0) is 21.6. The fourth-order valence-corrected chi connectivity index (χ4v) is 3.42. The minimum atomic E-state index is -0.455. The van der Waals surface area contributed by atoms with Gasteiger partial charge >= 0.3 is 6.09 Å². The lowest BCUT2D eigenvalue weighted by atomic mass is 10.0. The molecule has 0 unspecified atom stereocenters. The fourth-order valence-electron chi connectivity index (χ4n) is 3.42. The summed E-state index contributed by atoms with van der Waals surface area (Å²) in [5, 5.41) is 0. The van der Waals surface area contributed by atoms with Crippen molar-refractivity contribution in [3.8, 4) is 5.75 Å². The monoisotopic (exact) mass is 402 g/mol. The first-order valence-electron chi connectivity index (χ1n) is 10.7. The Hall–Kier alpha value is -2.17. The highest BCUT2D eigenvalue weighted by Crippen LogP contribution is 2.27. The molecule has 1 amide bonds. The number of carbonyl (C=O) groups excluding carboxylic acids is 1. The molecule has 0 aliphatic carbocycles. The predicted octanol–water partition coefficient (Wildman–Crippen LogP) is 5.65. The van der Waals surface area contributed by atoms with Crippen molar-refractivity contribution in [2.45, 2.75) is 79.1 Å². The Bertz CT molecular complexity index is 677. The first-order valence-corrected chi connectivity index (χ1v) is 10.7. The number of hydrogen-bond acceptors (Lipinski definition) is 4. The highest BCUT2D eigenvalue weighted by atomic mass is 16.6. The SMILES string of the molecule is CC(C)=CCN(c1ccc(OC(C)C)cc1)C1CCN(C(=O)OC(C)(C)C)CC1. The van der Waals surface area contributed by atoms with E-state index in [1.807, 2.05) is 51.7 Å². The highest BCUT2D eigenvalue weighted by Gasteiger charge is 2.29. The van der Waals surface area contributed by atoms with Gasteiger partial charge in [0.1, 0.15) is 11.4 Å². The molecule has 0 saturated carbocycles. The van der Waals surface area contributed by atoms with E-state index in [1.165, 1.54) is 11.3 Å². The van der Waals surface area contributed by atoms with Crippen LogP contribution in [0.1, 0.15) is 61.3 Å². The fraction of sp³-hybridized carbons (Fsp3) is 0.625. The lowest BCUT2D eigenvalue weighted by Crippen LogP contribution is -2.48. The second kappa shape index (κ2) is 10.0. The van der Waals surface area contributed by atoms with Crippen LogP contribution in [0.3, 0.4) is 0 Å². The molecule has 0 aromatic heterocycles. The maximum Gasteiger partial charge on any atom is 0.410 e. The van der Waals surface area contributed by atoms with E-state index in [4.69, 9.17) is 9.47 Å². The number of piperidine rings is 1. The zero-order valence-corrected chi connectivity index (χ0v) is 19.2.